The normalized spacial score (nSPS) is 10.4. The average Bonchev–Trinajstić information content (AvgIpc) is 2.31. The Morgan fingerprint density at radius 3 is 2.19 bits per heavy atom. The summed E-state index contributed by atoms with van der Waals surface area (Å²) in [5, 5.41) is 0. The van der Waals surface area contributed by atoms with Gasteiger partial charge < -0.3 is 0 Å². The first kappa shape index (κ1) is 10.9. The first-order valence-electron chi connectivity index (χ1n) is 5.88. The maximum absolute atomic E-state index is 2.25. The molecule has 82 valence electrons. The van der Waals surface area contributed by atoms with E-state index >= 15 is 0 Å². The predicted molar refractivity (Wildman–Crippen MR) is 70.7 cm³/mol. The third-order valence-electron chi connectivity index (χ3n) is 3.23. The molecule has 2 rings (SSSR count). The molecule has 0 heterocycles. The zero-order chi connectivity index (χ0) is 11.5. The van der Waals surface area contributed by atoms with Gasteiger partial charge in [-0.25, -0.2) is 0 Å². The molecule has 0 aromatic heterocycles. The number of rotatable bonds is 2. The van der Waals surface area contributed by atoms with Crippen molar-refractivity contribution >= 4 is 0 Å². The van der Waals surface area contributed by atoms with Crippen LogP contribution in [0.5, 0.6) is 0 Å². The Balaban J connectivity index is 2.64. The molecule has 0 amide bonds. The van der Waals surface area contributed by atoms with Crippen molar-refractivity contribution in [3.8, 4) is 11.1 Å². The van der Waals surface area contributed by atoms with Crippen molar-refractivity contribution in [2.45, 2.75) is 27.2 Å². The zero-order valence-electron chi connectivity index (χ0n) is 10.2. The SMILES string of the molecule is CCc1ccc(C)c(-c2ccccc2)c1C. The van der Waals surface area contributed by atoms with Crippen LogP contribution in [0.25, 0.3) is 11.1 Å². The van der Waals surface area contributed by atoms with Gasteiger partial charge in [-0.05, 0) is 48.1 Å². The molecular formula is C16H18. The average molecular weight is 210 g/mol. The van der Waals surface area contributed by atoms with Gasteiger partial charge >= 0.3 is 0 Å². The summed E-state index contributed by atoms with van der Waals surface area (Å²) in [5.41, 5.74) is 6.96. The summed E-state index contributed by atoms with van der Waals surface area (Å²) in [7, 11) is 0. The quantitative estimate of drug-likeness (QED) is 0.683. The molecule has 0 spiro atoms. The van der Waals surface area contributed by atoms with Gasteiger partial charge in [0.2, 0.25) is 0 Å². The Morgan fingerprint density at radius 2 is 1.56 bits per heavy atom. The lowest BCUT2D eigenvalue weighted by molar-refractivity contribution is 1.10. The molecule has 0 N–H and O–H groups in total. The highest BCUT2D eigenvalue weighted by Gasteiger charge is 2.07. The summed E-state index contributed by atoms with van der Waals surface area (Å²) < 4.78 is 0. The van der Waals surface area contributed by atoms with E-state index in [9.17, 15) is 0 Å². The van der Waals surface area contributed by atoms with E-state index in [-0.39, 0.29) is 0 Å². The summed E-state index contributed by atoms with van der Waals surface area (Å²) in [5.74, 6) is 0. The minimum atomic E-state index is 1.10. The molecule has 0 saturated heterocycles. The summed E-state index contributed by atoms with van der Waals surface area (Å²) in [4.78, 5) is 0. The van der Waals surface area contributed by atoms with Crippen molar-refractivity contribution in [1.29, 1.82) is 0 Å². The lowest BCUT2D eigenvalue weighted by atomic mass is 9.91. The third-order valence-corrected chi connectivity index (χ3v) is 3.23. The molecule has 0 aliphatic carbocycles. The summed E-state index contributed by atoms with van der Waals surface area (Å²) in [6.07, 6.45) is 1.10. The van der Waals surface area contributed by atoms with E-state index in [1.54, 1.807) is 0 Å². The van der Waals surface area contributed by atoms with Gasteiger partial charge in [-0.15, -0.1) is 0 Å². The maximum Gasteiger partial charge on any atom is -0.0123 e. The van der Waals surface area contributed by atoms with Crippen molar-refractivity contribution < 1.29 is 0 Å². The lowest BCUT2D eigenvalue weighted by Crippen LogP contribution is -1.93. The standard InChI is InChI=1S/C16H18/c1-4-14-11-10-12(2)16(13(14)3)15-8-6-5-7-9-15/h5-11H,4H2,1-3H3. The fourth-order valence-corrected chi connectivity index (χ4v) is 2.32. The fourth-order valence-electron chi connectivity index (χ4n) is 2.32. The molecule has 2 aromatic rings. The first-order chi connectivity index (χ1) is 7.74. The Labute approximate surface area is 97.9 Å². The monoisotopic (exact) mass is 210 g/mol. The first-order valence-corrected chi connectivity index (χ1v) is 5.88. The molecule has 16 heavy (non-hydrogen) atoms. The molecule has 0 saturated carbocycles. The van der Waals surface area contributed by atoms with Crippen molar-refractivity contribution in [3.63, 3.8) is 0 Å². The van der Waals surface area contributed by atoms with E-state index in [0.717, 1.165) is 6.42 Å². The number of hydrogen-bond acceptors (Lipinski definition) is 0. The maximum atomic E-state index is 2.25. The largest absolute Gasteiger partial charge is 0.0622 e. The second-order valence-corrected chi connectivity index (χ2v) is 4.26. The van der Waals surface area contributed by atoms with E-state index < -0.39 is 0 Å². The molecule has 0 nitrogen and oxygen atoms in total. The molecule has 0 heteroatoms. The summed E-state index contributed by atoms with van der Waals surface area (Å²) >= 11 is 0. The van der Waals surface area contributed by atoms with Crippen LogP contribution in [0.15, 0.2) is 42.5 Å². The minimum absolute atomic E-state index is 1.10. The van der Waals surface area contributed by atoms with Crippen LogP contribution in [0.4, 0.5) is 0 Å². The van der Waals surface area contributed by atoms with Gasteiger partial charge in [0.15, 0.2) is 0 Å². The molecule has 0 unspecified atom stereocenters. The zero-order valence-corrected chi connectivity index (χ0v) is 10.2. The molecule has 0 aliphatic heterocycles. The second kappa shape index (κ2) is 4.52. The Hall–Kier alpha value is -1.56. The van der Waals surface area contributed by atoms with Crippen LogP contribution in [0, 0.1) is 13.8 Å². The Bertz CT molecular complexity index is 481. The smallest absolute Gasteiger partial charge is 0.0123 e. The lowest BCUT2D eigenvalue weighted by Gasteiger charge is -2.13. The van der Waals surface area contributed by atoms with E-state index in [2.05, 4.69) is 63.2 Å². The van der Waals surface area contributed by atoms with E-state index in [1.807, 2.05) is 0 Å². The van der Waals surface area contributed by atoms with Gasteiger partial charge in [0.1, 0.15) is 0 Å². The van der Waals surface area contributed by atoms with Gasteiger partial charge in [0, 0.05) is 0 Å². The van der Waals surface area contributed by atoms with Crippen LogP contribution in [-0.4, -0.2) is 0 Å². The molecular weight excluding hydrogens is 192 g/mol. The third kappa shape index (κ3) is 1.88. The molecule has 0 atom stereocenters. The number of benzene rings is 2. The number of hydrogen-bond donors (Lipinski definition) is 0. The molecule has 0 fully saturated rings. The van der Waals surface area contributed by atoms with Gasteiger partial charge in [-0.1, -0.05) is 49.4 Å². The van der Waals surface area contributed by atoms with Crippen LogP contribution in [0.3, 0.4) is 0 Å². The van der Waals surface area contributed by atoms with E-state index in [1.165, 1.54) is 27.8 Å². The van der Waals surface area contributed by atoms with Crippen molar-refractivity contribution in [3.05, 3.63) is 59.2 Å². The van der Waals surface area contributed by atoms with Crippen molar-refractivity contribution in [1.82, 2.24) is 0 Å². The predicted octanol–water partition coefficient (Wildman–Crippen LogP) is 4.53. The minimum Gasteiger partial charge on any atom is -0.0622 e. The summed E-state index contributed by atoms with van der Waals surface area (Å²) in [6.45, 7) is 6.63. The Kier molecular flexibility index (Phi) is 3.09. The molecule has 0 radical (unpaired) electrons. The van der Waals surface area contributed by atoms with Crippen LogP contribution < -0.4 is 0 Å². The number of aryl methyl sites for hydroxylation is 2. The van der Waals surface area contributed by atoms with Crippen molar-refractivity contribution in [2.24, 2.45) is 0 Å². The highest BCUT2D eigenvalue weighted by molar-refractivity contribution is 5.71. The molecule has 2 aromatic carbocycles. The highest BCUT2D eigenvalue weighted by atomic mass is 14.1. The van der Waals surface area contributed by atoms with Gasteiger partial charge in [0.05, 0.1) is 0 Å². The van der Waals surface area contributed by atoms with Crippen LogP contribution in [0.2, 0.25) is 0 Å². The summed E-state index contributed by atoms with van der Waals surface area (Å²) in [6, 6.07) is 15.1. The van der Waals surface area contributed by atoms with Crippen LogP contribution in [0.1, 0.15) is 23.6 Å². The van der Waals surface area contributed by atoms with Crippen LogP contribution in [-0.2, 0) is 6.42 Å². The van der Waals surface area contributed by atoms with Gasteiger partial charge in [-0.2, -0.15) is 0 Å². The van der Waals surface area contributed by atoms with E-state index in [4.69, 9.17) is 0 Å². The Morgan fingerprint density at radius 1 is 0.875 bits per heavy atom. The van der Waals surface area contributed by atoms with E-state index in [0.29, 0.717) is 0 Å². The van der Waals surface area contributed by atoms with Crippen molar-refractivity contribution in [2.75, 3.05) is 0 Å². The second-order valence-electron chi connectivity index (χ2n) is 4.26. The highest BCUT2D eigenvalue weighted by Crippen LogP contribution is 2.29. The fraction of sp³-hybridized carbons (Fsp3) is 0.250. The van der Waals surface area contributed by atoms with Gasteiger partial charge in [0.25, 0.3) is 0 Å². The molecule has 0 bridgehead atoms. The molecule has 0 aliphatic rings. The van der Waals surface area contributed by atoms with Gasteiger partial charge in [-0.3, -0.25) is 0 Å². The topological polar surface area (TPSA) is 0 Å². The van der Waals surface area contributed by atoms with Crippen LogP contribution >= 0.6 is 0 Å².